The standard InChI is InChI=1S/C17H15F2N3O/c1-21(11-15-20-8-9-22(15)17(18)19)16(23)14-7-6-12-4-2-3-5-13(12)10-14/h2-10,17H,11H2,1H3. The van der Waals surface area contributed by atoms with Crippen LogP contribution in [0.1, 0.15) is 22.7 Å². The Balaban J connectivity index is 1.82. The number of rotatable bonds is 4. The number of fused-ring (bicyclic) bond motifs is 1. The van der Waals surface area contributed by atoms with E-state index in [2.05, 4.69) is 4.98 Å². The normalized spacial score (nSPS) is 11.1. The van der Waals surface area contributed by atoms with E-state index in [1.165, 1.54) is 17.3 Å². The Morgan fingerprint density at radius 1 is 1.22 bits per heavy atom. The molecule has 1 aromatic heterocycles. The van der Waals surface area contributed by atoms with Crippen molar-refractivity contribution in [3.05, 3.63) is 66.2 Å². The molecule has 0 saturated carbocycles. The van der Waals surface area contributed by atoms with Gasteiger partial charge in [-0.1, -0.05) is 30.3 Å². The van der Waals surface area contributed by atoms with Gasteiger partial charge >= 0.3 is 6.55 Å². The number of amides is 1. The van der Waals surface area contributed by atoms with Gasteiger partial charge in [-0.3, -0.25) is 9.36 Å². The van der Waals surface area contributed by atoms with Crippen LogP contribution in [-0.2, 0) is 6.54 Å². The lowest BCUT2D eigenvalue weighted by Crippen LogP contribution is -2.27. The fraction of sp³-hybridized carbons (Fsp3) is 0.176. The second-order valence-corrected chi connectivity index (χ2v) is 5.25. The minimum absolute atomic E-state index is 0.0169. The first kappa shape index (κ1) is 15.1. The van der Waals surface area contributed by atoms with E-state index in [9.17, 15) is 13.6 Å². The molecule has 4 nitrogen and oxygen atoms in total. The highest BCUT2D eigenvalue weighted by atomic mass is 19.3. The second kappa shape index (κ2) is 6.16. The maximum absolute atomic E-state index is 12.8. The van der Waals surface area contributed by atoms with Crippen molar-refractivity contribution in [3.8, 4) is 0 Å². The molecule has 0 fully saturated rings. The molecule has 0 N–H and O–H groups in total. The van der Waals surface area contributed by atoms with E-state index in [0.29, 0.717) is 5.56 Å². The summed E-state index contributed by atoms with van der Waals surface area (Å²) in [5.74, 6) is -0.0868. The second-order valence-electron chi connectivity index (χ2n) is 5.25. The molecule has 118 valence electrons. The highest BCUT2D eigenvalue weighted by Crippen LogP contribution is 2.18. The first-order valence-electron chi connectivity index (χ1n) is 7.10. The molecule has 0 saturated heterocycles. The van der Waals surface area contributed by atoms with Crippen LogP contribution < -0.4 is 0 Å². The molecule has 2 aromatic carbocycles. The number of nitrogens with zero attached hydrogens (tertiary/aromatic N) is 3. The zero-order valence-corrected chi connectivity index (χ0v) is 12.5. The summed E-state index contributed by atoms with van der Waals surface area (Å²) in [5.41, 5.74) is 0.515. The van der Waals surface area contributed by atoms with Gasteiger partial charge in [-0.15, -0.1) is 0 Å². The number of benzene rings is 2. The van der Waals surface area contributed by atoms with Crippen molar-refractivity contribution in [2.24, 2.45) is 0 Å². The summed E-state index contributed by atoms with van der Waals surface area (Å²) >= 11 is 0. The van der Waals surface area contributed by atoms with E-state index in [4.69, 9.17) is 0 Å². The van der Waals surface area contributed by atoms with Gasteiger partial charge in [0.05, 0.1) is 6.54 Å². The largest absolute Gasteiger partial charge is 0.334 e. The van der Waals surface area contributed by atoms with Crippen LogP contribution in [0, 0.1) is 0 Å². The van der Waals surface area contributed by atoms with Gasteiger partial charge in [-0.05, 0) is 22.9 Å². The highest BCUT2D eigenvalue weighted by Gasteiger charge is 2.17. The summed E-state index contributed by atoms with van der Waals surface area (Å²) in [6, 6.07) is 13.1. The molecule has 0 spiro atoms. The summed E-state index contributed by atoms with van der Waals surface area (Å²) in [6.45, 7) is -2.65. The number of aromatic nitrogens is 2. The molecule has 3 aromatic rings. The molecular weight excluding hydrogens is 300 g/mol. The van der Waals surface area contributed by atoms with E-state index in [1.54, 1.807) is 19.2 Å². The lowest BCUT2D eigenvalue weighted by atomic mass is 10.1. The third kappa shape index (κ3) is 3.06. The number of imidazole rings is 1. The predicted octanol–water partition coefficient (Wildman–Crippen LogP) is 3.70. The topological polar surface area (TPSA) is 38.1 Å². The molecule has 0 radical (unpaired) electrons. The molecule has 1 heterocycles. The first-order valence-corrected chi connectivity index (χ1v) is 7.10. The Morgan fingerprint density at radius 3 is 2.70 bits per heavy atom. The van der Waals surface area contributed by atoms with E-state index < -0.39 is 6.55 Å². The third-order valence-corrected chi connectivity index (χ3v) is 3.68. The Bertz CT molecular complexity index is 844. The van der Waals surface area contributed by atoms with Gasteiger partial charge in [0.25, 0.3) is 5.91 Å². The molecule has 0 unspecified atom stereocenters. The van der Waals surface area contributed by atoms with Gasteiger partial charge in [-0.2, -0.15) is 8.78 Å². The molecule has 0 atom stereocenters. The molecule has 6 heteroatoms. The minimum Gasteiger partial charge on any atom is -0.334 e. The van der Waals surface area contributed by atoms with Crippen LogP contribution in [0.3, 0.4) is 0 Å². The van der Waals surface area contributed by atoms with Crippen molar-refractivity contribution in [3.63, 3.8) is 0 Å². The molecule has 3 rings (SSSR count). The molecule has 23 heavy (non-hydrogen) atoms. The zero-order valence-electron chi connectivity index (χ0n) is 12.5. The van der Waals surface area contributed by atoms with E-state index in [1.807, 2.05) is 30.3 Å². The average molecular weight is 315 g/mol. The van der Waals surface area contributed by atoms with E-state index in [-0.39, 0.29) is 18.3 Å². The van der Waals surface area contributed by atoms with Crippen LogP contribution >= 0.6 is 0 Å². The summed E-state index contributed by atoms with van der Waals surface area (Å²) in [4.78, 5) is 17.8. The van der Waals surface area contributed by atoms with Gasteiger partial charge < -0.3 is 4.90 Å². The maximum atomic E-state index is 12.8. The fourth-order valence-corrected chi connectivity index (χ4v) is 2.47. The lowest BCUT2D eigenvalue weighted by molar-refractivity contribution is 0.0612. The van der Waals surface area contributed by atoms with Crippen LogP contribution in [0.2, 0.25) is 0 Å². The Hall–Kier alpha value is -2.76. The average Bonchev–Trinajstić information content (AvgIpc) is 3.02. The first-order chi connectivity index (χ1) is 11.1. The number of alkyl halides is 2. The van der Waals surface area contributed by atoms with Gasteiger partial charge in [0.1, 0.15) is 5.82 Å². The van der Waals surface area contributed by atoms with E-state index >= 15 is 0 Å². The van der Waals surface area contributed by atoms with Crippen molar-refractivity contribution in [2.45, 2.75) is 13.1 Å². The number of halogens is 2. The van der Waals surface area contributed by atoms with Crippen LogP contribution in [-0.4, -0.2) is 27.4 Å². The molecule has 0 aliphatic heterocycles. The summed E-state index contributed by atoms with van der Waals surface area (Å²) in [5, 5.41) is 2.00. The van der Waals surface area contributed by atoms with Gasteiger partial charge in [0.15, 0.2) is 0 Å². The van der Waals surface area contributed by atoms with Crippen molar-refractivity contribution >= 4 is 16.7 Å². The maximum Gasteiger partial charge on any atom is 0.319 e. The SMILES string of the molecule is CN(Cc1nccn1C(F)F)C(=O)c1ccc2ccccc2c1. The van der Waals surface area contributed by atoms with Crippen LogP contribution in [0.15, 0.2) is 54.9 Å². The molecule has 1 amide bonds. The number of carbonyl (C=O) groups excluding carboxylic acids is 1. The number of hydrogen-bond donors (Lipinski definition) is 0. The smallest absolute Gasteiger partial charge is 0.319 e. The van der Waals surface area contributed by atoms with Crippen LogP contribution in [0.25, 0.3) is 10.8 Å². The Morgan fingerprint density at radius 2 is 1.96 bits per heavy atom. The summed E-state index contributed by atoms with van der Waals surface area (Å²) < 4.78 is 26.4. The quantitative estimate of drug-likeness (QED) is 0.736. The van der Waals surface area contributed by atoms with Crippen molar-refractivity contribution in [1.29, 1.82) is 0 Å². The molecular formula is C17H15F2N3O. The number of carbonyl (C=O) groups is 1. The Labute approximate surface area is 132 Å². The lowest BCUT2D eigenvalue weighted by Gasteiger charge is -2.18. The van der Waals surface area contributed by atoms with Crippen molar-refractivity contribution < 1.29 is 13.6 Å². The predicted molar refractivity (Wildman–Crippen MR) is 83.2 cm³/mol. The van der Waals surface area contributed by atoms with Gasteiger partial charge in [0.2, 0.25) is 0 Å². The fourth-order valence-electron chi connectivity index (χ4n) is 2.47. The minimum atomic E-state index is -2.67. The molecule has 0 aliphatic rings. The molecule has 0 bridgehead atoms. The van der Waals surface area contributed by atoms with Crippen LogP contribution in [0.5, 0.6) is 0 Å². The summed E-state index contributed by atoms with van der Waals surface area (Å²) in [7, 11) is 1.57. The van der Waals surface area contributed by atoms with Gasteiger partial charge in [0, 0.05) is 25.0 Å². The monoisotopic (exact) mass is 315 g/mol. The van der Waals surface area contributed by atoms with Crippen LogP contribution in [0.4, 0.5) is 8.78 Å². The van der Waals surface area contributed by atoms with Crippen molar-refractivity contribution in [1.82, 2.24) is 14.5 Å². The molecule has 0 aliphatic carbocycles. The third-order valence-electron chi connectivity index (χ3n) is 3.68. The highest BCUT2D eigenvalue weighted by molar-refractivity contribution is 5.98. The van der Waals surface area contributed by atoms with Gasteiger partial charge in [-0.25, -0.2) is 4.98 Å². The summed E-state index contributed by atoms with van der Waals surface area (Å²) in [6.07, 6.45) is 2.50. The number of hydrogen-bond acceptors (Lipinski definition) is 2. The van der Waals surface area contributed by atoms with E-state index in [0.717, 1.165) is 15.3 Å². The Kier molecular flexibility index (Phi) is 4.06. The van der Waals surface area contributed by atoms with Crippen molar-refractivity contribution in [2.75, 3.05) is 7.05 Å². The zero-order chi connectivity index (χ0) is 16.4.